The fraction of sp³-hybridized carbons (Fsp3) is 1.00. The Labute approximate surface area is 78.5 Å². The van der Waals surface area contributed by atoms with Gasteiger partial charge in [-0.15, -0.1) is 0 Å². The quantitative estimate of drug-likeness (QED) is 0.575. The highest BCUT2D eigenvalue weighted by Crippen LogP contribution is 2.00. The highest BCUT2D eigenvalue weighted by molar-refractivity contribution is 4.38. The number of hydrogen-bond acceptors (Lipinski definition) is 1. The lowest BCUT2D eigenvalue weighted by atomic mass is 10.1. The summed E-state index contributed by atoms with van der Waals surface area (Å²) in [5.74, 6) is 0.898. The van der Waals surface area contributed by atoms with Crippen molar-refractivity contribution < 1.29 is 4.74 Å². The lowest BCUT2D eigenvalue weighted by molar-refractivity contribution is 0.194. The van der Waals surface area contributed by atoms with Gasteiger partial charge in [0.1, 0.15) is 0 Å². The van der Waals surface area contributed by atoms with E-state index >= 15 is 0 Å². The maximum absolute atomic E-state index is 4.78. The van der Waals surface area contributed by atoms with Crippen molar-refractivity contribution in [2.24, 2.45) is 5.92 Å². The highest BCUT2D eigenvalue weighted by Gasteiger charge is 1.85. The molecule has 0 atom stereocenters. The molecule has 0 fully saturated rings. The van der Waals surface area contributed by atoms with Gasteiger partial charge in [0.2, 0.25) is 0 Å². The van der Waals surface area contributed by atoms with E-state index in [1.165, 1.54) is 25.7 Å². The molecule has 0 aromatic rings. The van der Waals surface area contributed by atoms with E-state index in [1.807, 2.05) is 0 Å². The number of unbranched alkanes of at least 4 members (excludes halogenated alkanes) is 1. The molecule has 0 aliphatic heterocycles. The second-order valence-corrected chi connectivity index (χ2v) is 3.53. The van der Waals surface area contributed by atoms with Crippen LogP contribution in [-0.2, 0) is 4.74 Å². The summed E-state index contributed by atoms with van der Waals surface area (Å²) < 4.78 is 4.78. The van der Waals surface area contributed by atoms with E-state index in [9.17, 15) is 0 Å². The number of rotatable bonds is 5. The van der Waals surface area contributed by atoms with Gasteiger partial charge in [0.05, 0.1) is 0 Å². The van der Waals surface area contributed by atoms with Gasteiger partial charge in [-0.25, -0.2) is 0 Å². The fourth-order valence-corrected chi connectivity index (χ4v) is 0.866. The lowest BCUT2D eigenvalue weighted by Gasteiger charge is -1.95. The van der Waals surface area contributed by atoms with Crippen molar-refractivity contribution in [3.8, 4) is 0 Å². The van der Waals surface area contributed by atoms with Crippen LogP contribution in [0, 0.1) is 5.92 Å². The molecule has 0 aliphatic carbocycles. The maximum Gasteiger partial charge on any atom is 0.0462 e. The highest BCUT2D eigenvalue weighted by atomic mass is 16.5. The third kappa shape index (κ3) is 22.5. The first-order chi connectivity index (χ1) is 5.68. The van der Waals surface area contributed by atoms with Crippen molar-refractivity contribution in [3.05, 3.63) is 0 Å². The Hall–Kier alpha value is -0.0400. The topological polar surface area (TPSA) is 9.23 Å². The SMILES string of the molecule is CCCC(C)C.CCCCOC. The van der Waals surface area contributed by atoms with Crippen molar-refractivity contribution in [1.29, 1.82) is 0 Å². The third-order valence-corrected chi connectivity index (χ3v) is 1.57. The summed E-state index contributed by atoms with van der Waals surface area (Å²) in [7, 11) is 1.73. The Morgan fingerprint density at radius 1 is 1.08 bits per heavy atom. The number of ether oxygens (including phenoxy) is 1. The summed E-state index contributed by atoms with van der Waals surface area (Å²) in [6.07, 6.45) is 5.13. The first kappa shape index (κ1) is 14.5. The van der Waals surface area contributed by atoms with Gasteiger partial charge in [-0.3, -0.25) is 0 Å². The van der Waals surface area contributed by atoms with E-state index < -0.39 is 0 Å². The molecule has 0 saturated carbocycles. The van der Waals surface area contributed by atoms with Gasteiger partial charge in [-0.2, -0.15) is 0 Å². The van der Waals surface area contributed by atoms with E-state index in [1.54, 1.807) is 7.11 Å². The maximum atomic E-state index is 4.78. The Morgan fingerprint density at radius 2 is 1.67 bits per heavy atom. The van der Waals surface area contributed by atoms with Gasteiger partial charge in [0.15, 0.2) is 0 Å². The van der Waals surface area contributed by atoms with Crippen LogP contribution in [0.1, 0.15) is 53.4 Å². The second kappa shape index (κ2) is 13.5. The molecular weight excluding hydrogens is 148 g/mol. The predicted octanol–water partition coefficient (Wildman–Crippen LogP) is 3.88. The van der Waals surface area contributed by atoms with Crippen molar-refractivity contribution in [2.75, 3.05) is 13.7 Å². The molecule has 0 bridgehead atoms. The van der Waals surface area contributed by atoms with Crippen molar-refractivity contribution in [3.63, 3.8) is 0 Å². The molecule has 0 amide bonds. The van der Waals surface area contributed by atoms with Crippen molar-refractivity contribution in [1.82, 2.24) is 0 Å². The molecule has 0 unspecified atom stereocenters. The monoisotopic (exact) mass is 174 g/mol. The van der Waals surface area contributed by atoms with Gasteiger partial charge in [-0.1, -0.05) is 47.0 Å². The average Bonchev–Trinajstić information content (AvgIpc) is 2.02. The van der Waals surface area contributed by atoms with Crippen LogP contribution in [0.3, 0.4) is 0 Å². The van der Waals surface area contributed by atoms with Crippen LogP contribution < -0.4 is 0 Å². The van der Waals surface area contributed by atoms with Crippen LogP contribution in [-0.4, -0.2) is 13.7 Å². The third-order valence-electron chi connectivity index (χ3n) is 1.57. The van der Waals surface area contributed by atoms with Crippen molar-refractivity contribution in [2.45, 2.75) is 53.4 Å². The predicted molar refractivity (Wildman–Crippen MR) is 56.5 cm³/mol. The second-order valence-electron chi connectivity index (χ2n) is 3.53. The van der Waals surface area contributed by atoms with Gasteiger partial charge in [-0.05, 0) is 12.3 Å². The van der Waals surface area contributed by atoms with E-state index in [-0.39, 0.29) is 0 Å². The largest absolute Gasteiger partial charge is 0.385 e. The molecular formula is C11H26O. The molecule has 0 saturated heterocycles. The first-order valence-electron chi connectivity index (χ1n) is 5.17. The van der Waals surface area contributed by atoms with Crippen LogP contribution in [0.2, 0.25) is 0 Å². The molecule has 0 radical (unpaired) electrons. The number of methoxy groups -OCH3 is 1. The van der Waals surface area contributed by atoms with Gasteiger partial charge >= 0.3 is 0 Å². The van der Waals surface area contributed by atoms with Crippen LogP contribution in [0.15, 0.2) is 0 Å². The molecule has 0 N–H and O–H groups in total. The van der Waals surface area contributed by atoms with Crippen molar-refractivity contribution >= 4 is 0 Å². The summed E-state index contributed by atoms with van der Waals surface area (Å²) in [6.45, 7) is 9.79. The zero-order valence-electron chi connectivity index (χ0n) is 9.52. The smallest absolute Gasteiger partial charge is 0.0462 e. The zero-order valence-corrected chi connectivity index (χ0v) is 9.52. The van der Waals surface area contributed by atoms with Crippen LogP contribution in [0.25, 0.3) is 0 Å². The number of hydrogen-bond donors (Lipinski definition) is 0. The minimum Gasteiger partial charge on any atom is -0.385 e. The zero-order chi connectivity index (χ0) is 9.82. The summed E-state index contributed by atoms with van der Waals surface area (Å²) in [6, 6.07) is 0. The Kier molecular flexibility index (Phi) is 16.3. The first-order valence-corrected chi connectivity index (χ1v) is 5.17. The minimum absolute atomic E-state index is 0.898. The molecule has 0 heterocycles. The standard InChI is InChI=1S/C6H14.C5H12O/c1-4-5-6(2)3;1-3-4-5-6-2/h6H,4-5H2,1-3H3;3-5H2,1-2H3. The minimum atomic E-state index is 0.898. The molecule has 1 nitrogen and oxygen atoms in total. The molecule has 1 heteroatoms. The van der Waals surface area contributed by atoms with Gasteiger partial charge in [0.25, 0.3) is 0 Å². The Balaban J connectivity index is 0. The van der Waals surface area contributed by atoms with Crippen LogP contribution in [0.5, 0.6) is 0 Å². The molecule has 0 aromatic heterocycles. The molecule has 0 spiro atoms. The normalized spacial score (nSPS) is 9.50. The van der Waals surface area contributed by atoms with Gasteiger partial charge < -0.3 is 4.74 Å². The van der Waals surface area contributed by atoms with E-state index in [4.69, 9.17) is 4.74 Å². The summed E-state index contributed by atoms with van der Waals surface area (Å²) in [5, 5.41) is 0. The Bertz CT molecular complexity index is 56.0. The van der Waals surface area contributed by atoms with Crippen LogP contribution in [0.4, 0.5) is 0 Å². The van der Waals surface area contributed by atoms with E-state index in [2.05, 4.69) is 27.7 Å². The fourth-order valence-electron chi connectivity index (χ4n) is 0.866. The summed E-state index contributed by atoms with van der Waals surface area (Å²) in [4.78, 5) is 0. The molecule has 0 aliphatic rings. The molecule has 0 rings (SSSR count). The Morgan fingerprint density at radius 3 is 1.75 bits per heavy atom. The van der Waals surface area contributed by atoms with Crippen LogP contribution >= 0.6 is 0 Å². The molecule has 0 aromatic carbocycles. The lowest BCUT2D eigenvalue weighted by Crippen LogP contribution is -1.84. The van der Waals surface area contributed by atoms with E-state index in [0.717, 1.165) is 12.5 Å². The molecule has 12 heavy (non-hydrogen) atoms. The van der Waals surface area contributed by atoms with E-state index in [0.29, 0.717) is 0 Å². The summed E-state index contributed by atoms with van der Waals surface area (Å²) in [5.41, 5.74) is 0. The average molecular weight is 174 g/mol. The molecule has 76 valence electrons. The van der Waals surface area contributed by atoms with Gasteiger partial charge in [0, 0.05) is 13.7 Å². The summed E-state index contributed by atoms with van der Waals surface area (Å²) >= 11 is 0.